The molecule has 24 heavy (non-hydrogen) atoms. The van der Waals surface area contributed by atoms with Crippen molar-refractivity contribution in [1.82, 2.24) is 0 Å². The van der Waals surface area contributed by atoms with Crippen molar-refractivity contribution in [3.63, 3.8) is 0 Å². The van der Waals surface area contributed by atoms with Crippen LogP contribution in [0.2, 0.25) is 0 Å². The summed E-state index contributed by atoms with van der Waals surface area (Å²) in [6.45, 7) is -0.606. The summed E-state index contributed by atoms with van der Waals surface area (Å²) in [4.78, 5) is 24.2. The molecule has 0 atom stereocenters. The molecule has 0 aromatic heterocycles. The van der Waals surface area contributed by atoms with Gasteiger partial charge >= 0.3 is 5.97 Å². The molecule has 0 radical (unpaired) electrons. The van der Waals surface area contributed by atoms with Crippen LogP contribution < -0.4 is 9.47 Å². The van der Waals surface area contributed by atoms with Crippen molar-refractivity contribution in [3.05, 3.63) is 47.5 Å². The number of ketones is 1. The molecular formula is C17H16O7. The number of hydrogen-bond donors (Lipinski definition) is 2. The fourth-order valence-electron chi connectivity index (χ4n) is 2.11. The fourth-order valence-corrected chi connectivity index (χ4v) is 2.11. The molecule has 0 aliphatic heterocycles. The van der Waals surface area contributed by atoms with Gasteiger partial charge in [0.25, 0.3) is 0 Å². The molecule has 2 rings (SSSR count). The van der Waals surface area contributed by atoms with Crippen molar-refractivity contribution in [3.8, 4) is 23.0 Å². The molecule has 0 aliphatic rings. The molecule has 2 N–H and O–H groups in total. The molecule has 0 unspecified atom stereocenters. The molecule has 7 heteroatoms. The predicted octanol–water partition coefficient (Wildman–Crippen LogP) is 2.15. The second-order valence-electron chi connectivity index (χ2n) is 4.72. The number of benzene rings is 2. The lowest BCUT2D eigenvalue weighted by Gasteiger charge is -2.14. The molecule has 0 fully saturated rings. The van der Waals surface area contributed by atoms with Crippen LogP contribution in [0.25, 0.3) is 0 Å². The quantitative estimate of drug-likeness (QED) is 0.617. The summed E-state index contributed by atoms with van der Waals surface area (Å²) in [5.41, 5.74) is 0.0535. The summed E-state index contributed by atoms with van der Waals surface area (Å²) >= 11 is 0. The molecule has 126 valence electrons. The molecule has 0 saturated carbocycles. The summed E-state index contributed by atoms with van der Waals surface area (Å²) in [6.07, 6.45) is 0. The molecule has 0 heterocycles. The van der Waals surface area contributed by atoms with E-state index in [0.717, 1.165) is 6.07 Å². The molecule has 7 nitrogen and oxygen atoms in total. The smallest absolute Gasteiger partial charge is 0.338 e. The minimum Gasteiger partial charge on any atom is -0.504 e. The molecule has 0 bridgehead atoms. The number of phenols is 2. The highest BCUT2D eigenvalue weighted by atomic mass is 16.5. The van der Waals surface area contributed by atoms with Gasteiger partial charge in [0.1, 0.15) is 11.3 Å². The van der Waals surface area contributed by atoms with Crippen molar-refractivity contribution < 1.29 is 34.0 Å². The number of ether oxygens (including phenoxy) is 3. The van der Waals surface area contributed by atoms with Crippen molar-refractivity contribution >= 4 is 11.8 Å². The van der Waals surface area contributed by atoms with Crippen LogP contribution in [0.1, 0.15) is 20.7 Å². The van der Waals surface area contributed by atoms with Gasteiger partial charge < -0.3 is 24.4 Å². The van der Waals surface area contributed by atoms with Crippen LogP contribution in [-0.2, 0) is 4.74 Å². The zero-order valence-corrected chi connectivity index (χ0v) is 13.1. The number of Topliss-reactive ketones (excluding diaryl/α,β-unsaturated/α-hetero) is 1. The molecule has 2 aromatic rings. The second kappa shape index (κ2) is 7.36. The predicted molar refractivity (Wildman–Crippen MR) is 83.9 cm³/mol. The summed E-state index contributed by atoms with van der Waals surface area (Å²) < 4.78 is 14.8. The zero-order chi connectivity index (χ0) is 17.7. The van der Waals surface area contributed by atoms with E-state index in [0.29, 0.717) is 5.56 Å². The summed E-state index contributed by atoms with van der Waals surface area (Å²) in [5, 5.41) is 19.8. The average Bonchev–Trinajstić information content (AvgIpc) is 2.59. The number of hydrogen-bond acceptors (Lipinski definition) is 7. The molecular weight excluding hydrogens is 316 g/mol. The van der Waals surface area contributed by atoms with Gasteiger partial charge in [-0.2, -0.15) is 0 Å². The summed E-state index contributed by atoms with van der Waals surface area (Å²) in [6, 6.07) is 9.30. The lowest BCUT2D eigenvalue weighted by molar-refractivity contribution is 0.0473. The first-order valence-electron chi connectivity index (χ1n) is 6.91. The van der Waals surface area contributed by atoms with Crippen molar-refractivity contribution in [2.75, 3.05) is 20.8 Å². The number of aromatic hydroxyl groups is 2. The average molecular weight is 332 g/mol. The summed E-state index contributed by atoms with van der Waals surface area (Å²) in [5.74, 6) is -2.68. The Kier molecular flexibility index (Phi) is 5.26. The monoisotopic (exact) mass is 332 g/mol. The van der Waals surface area contributed by atoms with Gasteiger partial charge in [-0.1, -0.05) is 18.2 Å². The third-order valence-corrected chi connectivity index (χ3v) is 3.25. The Hall–Kier alpha value is -3.22. The lowest BCUT2D eigenvalue weighted by atomic mass is 10.1. The highest BCUT2D eigenvalue weighted by Crippen LogP contribution is 2.43. The zero-order valence-electron chi connectivity index (χ0n) is 13.1. The third-order valence-electron chi connectivity index (χ3n) is 3.25. The Morgan fingerprint density at radius 2 is 1.71 bits per heavy atom. The minimum atomic E-state index is -0.702. The largest absolute Gasteiger partial charge is 0.504 e. The maximum absolute atomic E-state index is 12.3. The maximum Gasteiger partial charge on any atom is 0.338 e. The van der Waals surface area contributed by atoms with Gasteiger partial charge in [-0.25, -0.2) is 4.79 Å². The van der Waals surface area contributed by atoms with Gasteiger partial charge in [-0.15, -0.1) is 0 Å². The van der Waals surface area contributed by atoms with Crippen LogP contribution in [0.15, 0.2) is 36.4 Å². The first kappa shape index (κ1) is 17.1. The number of carbonyl (C=O) groups is 2. The Bertz CT molecular complexity index is 753. The Morgan fingerprint density at radius 1 is 1.04 bits per heavy atom. The second-order valence-corrected chi connectivity index (χ2v) is 4.72. The third kappa shape index (κ3) is 3.40. The number of methoxy groups -OCH3 is 2. The van der Waals surface area contributed by atoms with Crippen LogP contribution >= 0.6 is 0 Å². The molecule has 0 spiro atoms. The van der Waals surface area contributed by atoms with Crippen LogP contribution in [0.5, 0.6) is 23.0 Å². The van der Waals surface area contributed by atoms with Gasteiger partial charge in [-0.3, -0.25) is 4.79 Å². The fraction of sp³-hybridized carbons (Fsp3) is 0.176. The van der Waals surface area contributed by atoms with Gasteiger partial charge in [-0.05, 0) is 12.1 Å². The van der Waals surface area contributed by atoms with Gasteiger partial charge in [0, 0.05) is 6.07 Å². The Labute approximate surface area is 138 Å². The lowest BCUT2D eigenvalue weighted by Crippen LogP contribution is -2.15. The van der Waals surface area contributed by atoms with Gasteiger partial charge in [0.2, 0.25) is 11.5 Å². The van der Waals surface area contributed by atoms with E-state index in [4.69, 9.17) is 14.2 Å². The normalized spacial score (nSPS) is 10.1. The summed E-state index contributed by atoms with van der Waals surface area (Å²) in [7, 11) is 2.50. The topological polar surface area (TPSA) is 102 Å². The number of esters is 1. The van der Waals surface area contributed by atoms with E-state index in [1.54, 1.807) is 30.3 Å². The van der Waals surface area contributed by atoms with Crippen molar-refractivity contribution in [2.45, 2.75) is 0 Å². The van der Waals surface area contributed by atoms with Crippen LogP contribution in [0.4, 0.5) is 0 Å². The van der Waals surface area contributed by atoms with Crippen LogP contribution in [0, 0.1) is 0 Å². The van der Waals surface area contributed by atoms with Crippen molar-refractivity contribution in [2.24, 2.45) is 0 Å². The number of carbonyl (C=O) groups excluding carboxylic acids is 2. The first-order chi connectivity index (χ1) is 11.5. The van der Waals surface area contributed by atoms with E-state index in [9.17, 15) is 19.8 Å². The molecule has 0 aliphatic carbocycles. The van der Waals surface area contributed by atoms with E-state index in [1.165, 1.54) is 14.2 Å². The number of rotatable bonds is 6. The molecule has 2 aromatic carbocycles. The first-order valence-corrected chi connectivity index (χ1v) is 6.91. The number of phenolic OH excluding ortho intramolecular Hbond substituents is 2. The highest BCUT2D eigenvalue weighted by molar-refractivity contribution is 6.04. The highest BCUT2D eigenvalue weighted by Gasteiger charge is 2.25. The maximum atomic E-state index is 12.3. The van der Waals surface area contributed by atoms with E-state index in [-0.39, 0.29) is 22.8 Å². The van der Waals surface area contributed by atoms with Crippen LogP contribution in [-0.4, -0.2) is 42.8 Å². The Morgan fingerprint density at radius 3 is 2.29 bits per heavy atom. The van der Waals surface area contributed by atoms with E-state index < -0.39 is 24.1 Å². The van der Waals surface area contributed by atoms with E-state index >= 15 is 0 Å². The van der Waals surface area contributed by atoms with Gasteiger partial charge in [0.05, 0.1) is 19.8 Å². The van der Waals surface area contributed by atoms with E-state index in [2.05, 4.69) is 0 Å². The van der Waals surface area contributed by atoms with Crippen molar-refractivity contribution in [1.29, 1.82) is 0 Å². The van der Waals surface area contributed by atoms with E-state index in [1.807, 2.05) is 0 Å². The van der Waals surface area contributed by atoms with Crippen LogP contribution in [0.3, 0.4) is 0 Å². The Balaban J connectivity index is 2.22. The SMILES string of the molecule is COc1cc(O)c(OC)c(O)c1C(=O)COC(=O)c1ccccc1. The minimum absolute atomic E-state index is 0.0634. The van der Waals surface area contributed by atoms with Gasteiger partial charge in [0.15, 0.2) is 18.1 Å². The molecule has 0 amide bonds. The molecule has 0 saturated heterocycles. The standard InChI is InChI=1S/C17H16O7/c1-22-13-8-11(18)16(23-2)15(20)14(13)12(19)9-24-17(21)10-6-4-3-5-7-10/h3-8,18,20H,9H2,1-2H3.